The number of benzene rings is 1. The number of oxime groups is 1. The summed E-state index contributed by atoms with van der Waals surface area (Å²) in [6.45, 7) is 0. The molecule has 2 fully saturated rings. The van der Waals surface area contributed by atoms with E-state index in [4.69, 9.17) is 28.4 Å². The molecule has 3 nitrogen and oxygen atoms in total. The Balaban J connectivity index is 1.96. The lowest BCUT2D eigenvalue weighted by molar-refractivity contribution is 0.133. The van der Waals surface area contributed by atoms with Crippen molar-refractivity contribution in [2.75, 3.05) is 7.05 Å². The van der Waals surface area contributed by atoms with E-state index >= 15 is 0 Å². The predicted octanol–water partition coefficient (Wildman–Crippen LogP) is 4.02. The number of rotatable bonds is 2. The van der Waals surface area contributed by atoms with E-state index in [0.717, 1.165) is 12.8 Å². The number of hydrogen-bond acceptors (Lipinski definition) is 3. The summed E-state index contributed by atoms with van der Waals surface area (Å²) >= 11 is 12.2. The standard InChI is InChI=1S/C15H18Cl2N2O/c1-19-10-3-5-15(19)12(8-18-20)11(7-10)9-2-4-13(16)14(17)6-9/h2,4,6,8,10-12,15,20H,3,5,7H2,1H3/t10-,11+,12-,15+/m0/s1. The highest BCUT2D eigenvalue weighted by Gasteiger charge is 2.45. The van der Waals surface area contributed by atoms with E-state index in [2.05, 4.69) is 17.1 Å². The molecule has 0 aliphatic carbocycles. The first-order chi connectivity index (χ1) is 9.61. The average molecular weight is 313 g/mol. The molecule has 2 aliphatic rings. The van der Waals surface area contributed by atoms with Gasteiger partial charge in [0.15, 0.2) is 0 Å². The number of piperidine rings is 1. The van der Waals surface area contributed by atoms with Crippen molar-refractivity contribution in [2.24, 2.45) is 11.1 Å². The molecule has 4 atom stereocenters. The van der Waals surface area contributed by atoms with Gasteiger partial charge in [0.2, 0.25) is 0 Å². The van der Waals surface area contributed by atoms with Crippen LogP contribution in [0.2, 0.25) is 10.0 Å². The van der Waals surface area contributed by atoms with Gasteiger partial charge in [-0.2, -0.15) is 0 Å². The molecule has 1 N–H and O–H groups in total. The van der Waals surface area contributed by atoms with E-state index in [1.807, 2.05) is 18.2 Å². The number of fused-ring (bicyclic) bond motifs is 2. The van der Waals surface area contributed by atoms with Crippen LogP contribution in [0.4, 0.5) is 0 Å². The van der Waals surface area contributed by atoms with Crippen molar-refractivity contribution in [3.63, 3.8) is 0 Å². The molecule has 1 aromatic rings. The van der Waals surface area contributed by atoms with Gasteiger partial charge in [-0.15, -0.1) is 5.16 Å². The topological polar surface area (TPSA) is 35.8 Å². The average Bonchev–Trinajstić information content (AvgIpc) is 2.67. The maximum atomic E-state index is 9.00. The van der Waals surface area contributed by atoms with Gasteiger partial charge in [-0.3, -0.25) is 4.90 Å². The second-order valence-electron chi connectivity index (χ2n) is 5.82. The van der Waals surface area contributed by atoms with Crippen molar-refractivity contribution in [1.29, 1.82) is 0 Å². The Kier molecular flexibility index (Phi) is 3.93. The Morgan fingerprint density at radius 3 is 2.80 bits per heavy atom. The first-order valence-electron chi connectivity index (χ1n) is 6.96. The SMILES string of the molecule is CN1[C@H]2CC[C@@H]1[C@@H](C=NO)[C@@H](c1ccc(Cl)c(Cl)c1)C2. The molecule has 5 heteroatoms. The highest BCUT2D eigenvalue weighted by Crippen LogP contribution is 2.46. The fourth-order valence-corrected chi connectivity index (χ4v) is 4.20. The van der Waals surface area contributed by atoms with Crippen molar-refractivity contribution in [2.45, 2.75) is 37.3 Å². The third-order valence-corrected chi connectivity index (χ3v) is 5.68. The molecule has 20 heavy (non-hydrogen) atoms. The van der Waals surface area contributed by atoms with Gasteiger partial charge in [0.05, 0.1) is 10.0 Å². The van der Waals surface area contributed by atoms with Crippen molar-refractivity contribution in [3.8, 4) is 0 Å². The Bertz CT molecular complexity index is 535. The molecule has 2 bridgehead atoms. The second kappa shape index (κ2) is 5.55. The van der Waals surface area contributed by atoms with Gasteiger partial charge in [-0.25, -0.2) is 0 Å². The quantitative estimate of drug-likeness (QED) is 0.508. The zero-order chi connectivity index (χ0) is 14.3. The summed E-state index contributed by atoms with van der Waals surface area (Å²) in [7, 11) is 2.17. The molecule has 0 spiro atoms. The minimum atomic E-state index is 0.223. The van der Waals surface area contributed by atoms with Crippen molar-refractivity contribution < 1.29 is 5.21 Å². The molecule has 2 aliphatic heterocycles. The lowest BCUT2D eigenvalue weighted by Crippen LogP contribution is -2.46. The monoisotopic (exact) mass is 312 g/mol. The van der Waals surface area contributed by atoms with E-state index < -0.39 is 0 Å². The molecule has 0 aromatic heterocycles. The van der Waals surface area contributed by atoms with Crippen LogP contribution >= 0.6 is 23.2 Å². The first-order valence-corrected chi connectivity index (χ1v) is 7.72. The normalized spacial score (nSPS) is 34.0. The van der Waals surface area contributed by atoms with E-state index in [0.29, 0.717) is 28.0 Å². The Morgan fingerprint density at radius 2 is 2.10 bits per heavy atom. The zero-order valence-corrected chi connectivity index (χ0v) is 12.8. The minimum absolute atomic E-state index is 0.223. The summed E-state index contributed by atoms with van der Waals surface area (Å²) in [4.78, 5) is 2.43. The van der Waals surface area contributed by atoms with Crippen LogP contribution in [0, 0.1) is 5.92 Å². The lowest BCUT2D eigenvalue weighted by Gasteiger charge is -2.41. The van der Waals surface area contributed by atoms with Crippen molar-refractivity contribution >= 4 is 29.4 Å². The van der Waals surface area contributed by atoms with Crippen LogP contribution < -0.4 is 0 Å². The first kappa shape index (κ1) is 14.2. The number of halogens is 2. The Hall–Kier alpha value is -0.770. The molecule has 0 radical (unpaired) electrons. The predicted molar refractivity (Wildman–Crippen MR) is 82.2 cm³/mol. The van der Waals surface area contributed by atoms with E-state index in [9.17, 15) is 0 Å². The second-order valence-corrected chi connectivity index (χ2v) is 6.64. The van der Waals surface area contributed by atoms with Crippen LogP contribution in [-0.4, -0.2) is 35.5 Å². The van der Waals surface area contributed by atoms with Crippen molar-refractivity contribution in [3.05, 3.63) is 33.8 Å². The number of hydrogen-bond donors (Lipinski definition) is 1. The summed E-state index contributed by atoms with van der Waals surface area (Å²) in [5.74, 6) is 0.565. The fraction of sp³-hybridized carbons (Fsp3) is 0.533. The zero-order valence-electron chi connectivity index (χ0n) is 11.3. The number of nitrogens with zero attached hydrogens (tertiary/aromatic N) is 2. The van der Waals surface area contributed by atoms with Gasteiger partial charge < -0.3 is 5.21 Å². The van der Waals surface area contributed by atoms with Crippen LogP contribution in [0.25, 0.3) is 0 Å². The molecule has 1 aromatic carbocycles. The van der Waals surface area contributed by atoms with Gasteiger partial charge in [0.1, 0.15) is 0 Å². The van der Waals surface area contributed by atoms with Crippen LogP contribution in [0.3, 0.4) is 0 Å². The highest BCUT2D eigenvalue weighted by atomic mass is 35.5. The van der Waals surface area contributed by atoms with Crippen LogP contribution in [-0.2, 0) is 0 Å². The maximum Gasteiger partial charge on any atom is 0.0595 e. The lowest BCUT2D eigenvalue weighted by atomic mass is 9.77. The molecule has 3 rings (SSSR count). The molecule has 108 valence electrons. The summed E-state index contributed by atoms with van der Waals surface area (Å²) in [5.41, 5.74) is 1.19. The summed E-state index contributed by atoms with van der Waals surface area (Å²) < 4.78 is 0. The Morgan fingerprint density at radius 1 is 1.30 bits per heavy atom. The van der Waals surface area contributed by atoms with E-state index in [1.165, 1.54) is 12.0 Å². The van der Waals surface area contributed by atoms with Gasteiger partial charge in [0.25, 0.3) is 0 Å². The van der Waals surface area contributed by atoms with E-state index in [1.54, 1.807) is 6.21 Å². The molecule has 0 amide bonds. The summed E-state index contributed by atoms with van der Waals surface area (Å²) in [6.07, 6.45) is 5.14. The molecule has 2 heterocycles. The van der Waals surface area contributed by atoms with Gasteiger partial charge in [-0.1, -0.05) is 29.3 Å². The third kappa shape index (κ3) is 2.32. The van der Waals surface area contributed by atoms with Gasteiger partial charge in [0, 0.05) is 24.2 Å². The minimum Gasteiger partial charge on any atom is -0.411 e. The fourth-order valence-electron chi connectivity index (χ4n) is 3.89. The third-order valence-electron chi connectivity index (χ3n) is 4.94. The summed E-state index contributed by atoms with van der Waals surface area (Å²) in [5, 5.41) is 13.5. The summed E-state index contributed by atoms with van der Waals surface area (Å²) in [6, 6.07) is 6.92. The maximum absolute atomic E-state index is 9.00. The van der Waals surface area contributed by atoms with E-state index in [-0.39, 0.29) is 5.92 Å². The highest BCUT2D eigenvalue weighted by molar-refractivity contribution is 6.42. The van der Waals surface area contributed by atoms with Crippen LogP contribution in [0.5, 0.6) is 0 Å². The largest absolute Gasteiger partial charge is 0.411 e. The smallest absolute Gasteiger partial charge is 0.0595 e. The molecule has 0 unspecified atom stereocenters. The van der Waals surface area contributed by atoms with Gasteiger partial charge in [-0.05, 0) is 49.9 Å². The molecule has 0 saturated carbocycles. The molecule has 2 saturated heterocycles. The molecular weight excluding hydrogens is 295 g/mol. The van der Waals surface area contributed by atoms with Crippen molar-refractivity contribution in [1.82, 2.24) is 4.90 Å². The van der Waals surface area contributed by atoms with Gasteiger partial charge >= 0.3 is 0 Å². The van der Waals surface area contributed by atoms with Crippen LogP contribution in [0.15, 0.2) is 23.4 Å². The van der Waals surface area contributed by atoms with Crippen LogP contribution in [0.1, 0.15) is 30.7 Å². The Labute approximate surface area is 129 Å². The molecular formula is C15H18Cl2N2O.